The van der Waals surface area contributed by atoms with E-state index in [4.69, 9.17) is 0 Å². The Bertz CT molecular complexity index is 1530. The van der Waals surface area contributed by atoms with Gasteiger partial charge in [0.05, 0.1) is 16.2 Å². The number of nitrogens with zero attached hydrogens (tertiary/aromatic N) is 2. The minimum absolute atomic E-state index is 0.169. The van der Waals surface area contributed by atoms with Crippen molar-refractivity contribution in [3.63, 3.8) is 0 Å². The summed E-state index contributed by atoms with van der Waals surface area (Å²) < 4.78 is 28.2. The predicted molar refractivity (Wildman–Crippen MR) is 161 cm³/mol. The Morgan fingerprint density at radius 3 is 2.33 bits per heavy atom. The molecule has 0 atom stereocenters. The highest BCUT2D eigenvalue weighted by molar-refractivity contribution is 7.89. The van der Waals surface area contributed by atoms with Crippen molar-refractivity contribution >= 4 is 44.6 Å². The number of sulfonamides is 1. The van der Waals surface area contributed by atoms with Crippen molar-refractivity contribution in [3.8, 4) is 0 Å². The van der Waals surface area contributed by atoms with Crippen molar-refractivity contribution in [1.82, 2.24) is 9.73 Å². The maximum atomic E-state index is 13.4. The maximum Gasteiger partial charge on any atom is 0.256 e. The smallest absolute Gasteiger partial charge is 0.256 e. The first-order chi connectivity index (χ1) is 19.0. The molecule has 40 heavy (non-hydrogen) atoms. The molecule has 2 amide bonds. The van der Waals surface area contributed by atoms with Gasteiger partial charge < -0.3 is 5.32 Å². The van der Waals surface area contributed by atoms with E-state index in [1.807, 2.05) is 68.6 Å². The largest absolute Gasteiger partial charge is 0.322 e. The molecule has 3 aromatic rings. The van der Waals surface area contributed by atoms with E-state index in [0.717, 1.165) is 33.6 Å². The van der Waals surface area contributed by atoms with Crippen molar-refractivity contribution in [2.75, 3.05) is 18.4 Å². The summed E-state index contributed by atoms with van der Waals surface area (Å²) in [5.41, 5.74) is 7.79. The van der Waals surface area contributed by atoms with Crippen LogP contribution in [0.2, 0.25) is 0 Å². The van der Waals surface area contributed by atoms with Crippen LogP contribution in [-0.4, -0.2) is 43.3 Å². The zero-order valence-corrected chi connectivity index (χ0v) is 25.2. The number of benzene rings is 2. The summed E-state index contributed by atoms with van der Waals surface area (Å²) in [4.78, 5) is 27.0. The number of carbonyl (C=O) groups excluding carboxylic acids is 2. The number of rotatable bonds is 8. The fourth-order valence-electron chi connectivity index (χ4n) is 5.07. The summed E-state index contributed by atoms with van der Waals surface area (Å²) in [6, 6.07) is 13.0. The van der Waals surface area contributed by atoms with Crippen LogP contribution >= 0.6 is 11.3 Å². The van der Waals surface area contributed by atoms with Gasteiger partial charge in [-0.1, -0.05) is 36.8 Å². The first kappa shape index (κ1) is 29.6. The molecule has 0 spiro atoms. The Balaban J connectivity index is 1.34. The minimum Gasteiger partial charge on any atom is -0.322 e. The third kappa shape index (κ3) is 6.68. The van der Waals surface area contributed by atoms with Gasteiger partial charge in [-0.25, -0.2) is 13.8 Å². The number of carbonyl (C=O) groups is 2. The number of nitrogens with one attached hydrogen (secondary N) is 2. The Hall–Kier alpha value is -3.34. The maximum absolute atomic E-state index is 13.4. The van der Waals surface area contributed by atoms with Crippen molar-refractivity contribution in [2.24, 2.45) is 11.0 Å². The fraction of sp³-hybridized carbons (Fsp3) is 0.367. The average molecular weight is 581 g/mol. The molecule has 0 unspecified atom stereocenters. The van der Waals surface area contributed by atoms with Crippen LogP contribution in [0.3, 0.4) is 0 Å². The lowest BCUT2D eigenvalue weighted by Crippen LogP contribution is -2.42. The summed E-state index contributed by atoms with van der Waals surface area (Å²) in [5, 5.41) is 9.05. The molecule has 1 fully saturated rings. The first-order valence-electron chi connectivity index (χ1n) is 13.4. The van der Waals surface area contributed by atoms with Gasteiger partial charge in [0.2, 0.25) is 15.9 Å². The minimum atomic E-state index is -3.64. The monoisotopic (exact) mass is 580 g/mol. The number of hydrazone groups is 1. The van der Waals surface area contributed by atoms with E-state index < -0.39 is 10.0 Å². The molecule has 0 aliphatic carbocycles. The zero-order chi connectivity index (χ0) is 29.0. The van der Waals surface area contributed by atoms with Gasteiger partial charge in [-0.2, -0.15) is 9.41 Å². The van der Waals surface area contributed by atoms with Crippen molar-refractivity contribution < 1.29 is 18.0 Å². The normalized spacial score (nSPS) is 15.2. The van der Waals surface area contributed by atoms with Gasteiger partial charge in [-0.3, -0.25) is 9.59 Å². The van der Waals surface area contributed by atoms with Crippen LogP contribution in [0.15, 0.2) is 57.8 Å². The zero-order valence-electron chi connectivity index (χ0n) is 23.6. The van der Waals surface area contributed by atoms with E-state index in [-0.39, 0.29) is 30.8 Å². The number of aryl methyl sites for hydroxylation is 4. The standard InChI is InChI=1S/C30H36N4O4S2/c1-6-27-17-25(18-39-27)29(35)31-26-9-7-8-24(16-26)22(5)32-33-30(36)23-10-12-34(13-11-23)40(37,38)28-20(3)14-19(2)15-21(28)4/h7-9,14-18,23H,6,10-13H2,1-5H3,(H,31,35)(H,33,36). The summed E-state index contributed by atoms with van der Waals surface area (Å²) in [7, 11) is -3.64. The highest BCUT2D eigenvalue weighted by Crippen LogP contribution is 2.29. The molecule has 1 saturated heterocycles. The van der Waals surface area contributed by atoms with Crippen LogP contribution in [-0.2, 0) is 21.2 Å². The lowest BCUT2D eigenvalue weighted by molar-refractivity contribution is -0.126. The molecular formula is C30H36N4O4S2. The molecule has 1 aliphatic heterocycles. The average Bonchev–Trinajstić information content (AvgIpc) is 3.41. The Morgan fingerprint density at radius 2 is 1.70 bits per heavy atom. The summed E-state index contributed by atoms with van der Waals surface area (Å²) in [5.74, 6) is -0.725. The second-order valence-electron chi connectivity index (χ2n) is 10.3. The van der Waals surface area contributed by atoms with Crippen LogP contribution < -0.4 is 10.7 Å². The van der Waals surface area contributed by atoms with Gasteiger partial charge in [0, 0.05) is 35.0 Å². The fourth-order valence-corrected chi connectivity index (χ4v) is 7.76. The van der Waals surface area contributed by atoms with Crippen molar-refractivity contribution in [2.45, 2.75) is 58.8 Å². The Morgan fingerprint density at radius 1 is 1.02 bits per heavy atom. The number of thiophene rings is 1. The summed E-state index contributed by atoms with van der Waals surface area (Å²) in [6.45, 7) is 10.00. The second kappa shape index (κ2) is 12.4. The van der Waals surface area contributed by atoms with E-state index >= 15 is 0 Å². The SMILES string of the molecule is CCc1cc(C(=O)Nc2cccc(C(C)=NNC(=O)C3CCN(S(=O)(=O)c4c(C)cc(C)cc4C)CC3)c2)cs1. The van der Waals surface area contributed by atoms with E-state index in [0.29, 0.717) is 34.7 Å². The first-order valence-corrected chi connectivity index (χ1v) is 15.7. The van der Waals surface area contributed by atoms with Crippen molar-refractivity contribution in [3.05, 3.63) is 80.5 Å². The summed E-state index contributed by atoms with van der Waals surface area (Å²) in [6.07, 6.45) is 1.74. The van der Waals surface area contributed by atoms with Crippen LogP contribution in [0.5, 0.6) is 0 Å². The quantitative estimate of drug-likeness (QED) is 0.274. The van der Waals surface area contributed by atoms with E-state index in [1.54, 1.807) is 18.3 Å². The lowest BCUT2D eigenvalue weighted by Gasteiger charge is -2.31. The van der Waals surface area contributed by atoms with Crippen LogP contribution in [0.1, 0.15) is 64.2 Å². The van der Waals surface area contributed by atoms with Gasteiger partial charge in [0.15, 0.2) is 0 Å². The van der Waals surface area contributed by atoms with E-state index in [9.17, 15) is 18.0 Å². The molecular weight excluding hydrogens is 544 g/mol. The number of hydrogen-bond donors (Lipinski definition) is 2. The number of anilines is 1. The second-order valence-corrected chi connectivity index (χ2v) is 13.1. The molecule has 2 heterocycles. The van der Waals surface area contributed by atoms with Gasteiger partial charge in [0.25, 0.3) is 5.91 Å². The number of piperidine rings is 1. The Kier molecular flexibility index (Phi) is 9.22. The molecule has 2 N–H and O–H groups in total. The van der Waals surface area contributed by atoms with Gasteiger partial charge in [-0.05, 0) is 81.8 Å². The van der Waals surface area contributed by atoms with Gasteiger partial charge in [0.1, 0.15) is 0 Å². The highest BCUT2D eigenvalue weighted by Gasteiger charge is 2.33. The molecule has 1 aliphatic rings. The molecule has 0 saturated carbocycles. The third-order valence-electron chi connectivity index (χ3n) is 7.16. The molecule has 8 nitrogen and oxygen atoms in total. The van der Waals surface area contributed by atoms with Crippen LogP contribution in [0.4, 0.5) is 5.69 Å². The molecule has 0 bridgehead atoms. The van der Waals surface area contributed by atoms with Crippen LogP contribution in [0.25, 0.3) is 0 Å². The molecule has 0 radical (unpaired) electrons. The molecule has 10 heteroatoms. The van der Waals surface area contributed by atoms with Crippen LogP contribution in [0, 0.1) is 26.7 Å². The molecule has 1 aromatic heterocycles. The number of amides is 2. The molecule has 2 aromatic carbocycles. The van der Waals surface area contributed by atoms with E-state index in [1.165, 1.54) is 4.31 Å². The summed E-state index contributed by atoms with van der Waals surface area (Å²) >= 11 is 1.57. The number of hydrogen-bond acceptors (Lipinski definition) is 6. The van der Waals surface area contributed by atoms with Gasteiger partial charge >= 0.3 is 0 Å². The Labute approximate surface area is 240 Å². The molecule has 4 rings (SSSR count). The van der Waals surface area contributed by atoms with Crippen molar-refractivity contribution in [1.29, 1.82) is 0 Å². The topological polar surface area (TPSA) is 108 Å². The third-order valence-corrected chi connectivity index (χ3v) is 10.4. The van der Waals surface area contributed by atoms with E-state index in [2.05, 4.69) is 22.8 Å². The predicted octanol–water partition coefficient (Wildman–Crippen LogP) is 5.43. The lowest BCUT2D eigenvalue weighted by atomic mass is 9.98. The molecule has 212 valence electrons. The van der Waals surface area contributed by atoms with Gasteiger partial charge in [-0.15, -0.1) is 11.3 Å². The highest BCUT2D eigenvalue weighted by atomic mass is 32.2.